The van der Waals surface area contributed by atoms with Gasteiger partial charge in [0.05, 0.1) is 24.5 Å². The molecule has 0 unspecified atom stereocenters. The van der Waals surface area contributed by atoms with Crippen molar-refractivity contribution in [3.05, 3.63) is 54.4 Å². The summed E-state index contributed by atoms with van der Waals surface area (Å²) < 4.78 is 5.34. The number of rotatable bonds is 6. The summed E-state index contributed by atoms with van der Waals surface area (Å²) in [7, 11) is 0. The van der Waals surface area contributed by atoms with E-state index in [1.165, 1.54) is 0 Å². The summed E-state index contributed by atoms with van der Waals surface area (Å²) in [4.78, 5) is 18.8. The van der Waals surface area contributed by atoms with Crippen molar-refractivity contribution in [1.29, 1.82) is 0 Å². The van der Waals surface area contributed by atoms with Crippen LogP contribution in [0.2, 0.25) is 0 Å². The number of hydrogen-bond acceptors (Lipinski definition) is 5. The predicted octanol–water partition coefficient (Wildman–Crippen LogP) is 2.08. The smallest absolute Gasteiger partial charge is 0.257 e. The highest BCUT2D eigenvalue weighted by Gasteiger charge is 2.10. The van der Waals surface area contributed by atoms with Crippen LogP contribution in [-0.4, -0.2) is 55.2 Å². The molecule has 1 aliphatic rings. The average Bonchev–Trinajstić information content (AvgIpc) is 2.64. The van der Waals surface area contributed by atoms with Gasteiger partial charge in [-0.25, -0.2) is 0 Å². The van der Waals surface area contributed by atoms with Gasteiger partial charge in [0.15, 0.2) is 0 Å². The fourth-order valence-electron chi connectivity index (χ4n) is 2.57. The summed E-state index contributed by atoms with van der Waals surface area (Å²) in [5.41, 5.74) is 2.16. The highest BCUT2D eigenvalue weighted by atomic mass is 16.5. The van der Waals surface area contributed by atoms with Crippen LogP contribution in [0.4, 0.5) is 11.4 Å². The Bertz CT molecular complexity index is 657. The number of ether oxygens (including phenoxy) is 1. The lowest BCUT2D eigenvalue weighted by atomic mass is 10.2. The Hall–Kier alpha value is -2.44. The van der Waals surface area contributed by atoms with Crippen molar-refractivity contribution in [1.82, 2.24) is 9.88 Å². The number of benzene rings is 1. The molecule has 1 aromatic heterocycles. The number of nitrogens with one attached hydrogen (secondary N) is 2. The average molecular weight is 326 g/mol. The van der Waals surface area contributed by atoms with Crippen LogP contribution in [0.3, 0.4) is 0 Å². The molecule has 3 rings (SSSR count). The molecule has 1 saturated heterocycles. The summed E-state index contributed by atoms with van der Waals surface area (Å²) in [5, 5.41) is 6.19. The minimum atomic E-state index is -0.162. The van der Waals surface area contributed by atoms with Crippen molar-refractivity contribution >= 4 is 17.3 Å². The zero-order valence-corrected chi connectivity index (χ0v) is 13.6. The molecule has 1 amide bonds. The van der Waals surface area contributed by atoms with Gasteiger partial charge in [0.25, 0.3) is 5.91 Å². The van der Waals surface area contributed by atoms with Gasteiger partial charge in [-0.3, -0.25) is 14.7 Å². The van der Waals surface area contributed by atoms with Gasteiger partial charge in [0.1, 0.15) is 0 Å². The second-order valence-corrected chi connectivity index (χ2v) is 5.66. The molecule has 24 heavy (non-hydrogen) atoms. The fourth-order valence-corrected chi connectivity index (χ4v) is 2.57. The van der Waals surface area contributed by atoms with Crippen molar-refractivity contribution in [2.24, 2.45) is 0 Å². The Morgan fingerprint density at radius 2 is 1.92 bits per heavy atom. The first-order valence-corrected chi connectivity index (χ1v) is 8.17. The van der Waals surface area contributed by atoms with Crippen molar-refractivity contribution in [2.75, 3.05) is 50.0 Å². The van der Waals surface area contributed by atoms with Crippen LogP contribution in [0, 0.1) is 0 Å². The largest absolute Gasteiger partial charge is 0.382 e. The monoisotopic (exact) mass is 326 g/mol. The lowest BCUT2D eigenvalue weighted by Gasteiger charge is -2.26. The number of anilines is 2. The van der Waals surface area contributed by atoms with Crippen LogP contribution < -0.4 is 10.6 Å². The molecule has 2 aromatic rings. The Labute approximate surface area is 141 Å². The molecule has 6 heteroatoms. The van der Waals surface area contributed by atoms with Crippen molar-refractivity contribution in [3.63, 3.8) is 0 Å². The van der Waals surface area contributed by atoms with Gasteiger partial charge < -0.3 is 15.4 Å². The van der Waals surface area contributed by atoms with Crippen LogP contribution in [0.15, 0.2) is 48.8 Å². The molecular weight excluding hydrogens is 304 g/mol. The molecule has 0 atom stereocenters. The normalized spacial score (nSPS) is 15.0. The Morgan fingerprint density at radius 1 is 1.12 bits per heavy atom. The maximum Gasteiger partial charge on any atom is 0.257 e. The molecule has 0 bridgehead atoms. The van der Waals surface area contributed by atoms with E-state index < -0.39 is 0 Å². The Morgan fingerprint density at radius 3 is 2.71 bits per heavy atom. The zero-order chi connectivity index (χ0) is 16.6. The lowest BCUT2D eigenvalue weighted by Crippen LogP contribution is -2.39. The molecular formula is C18H22N4O2. The number of para-hydroxylation sites is 1. The van der Waals surface area contributed by atoms with Crippen LogP contribution in [0.1, 0.15) is 10.4 Å². The molecule has 1 aliphatic heterocycles. The zero-order valence-electron chi connectivity index (χ0n) is 13.6. The molecule has 0 radical (unpaired) electrons. The van der Waals surface area contributed by atoms with Crippen LogP contribution >= 0.6 is 0 Å². The molecule has 0 saturated carbocycles. The van der Waals surface area contributed by atoms with Gasteiger partial charge >= 0.3 is 0 Å². The van der Waals surface area contributed by atoms with Gasteiger partial charge in [-0.1, -0.05) is 18.2 Å². The third-order valence-electron chi connectivity index (χ3n) is 3.89. The van der Waals surface area contributed by atoms with Crippen molar-refractivity contribution in [2.45, 2.75) is 0 Å². The number of amides is 1. The molecule has 1 aromatic carbocycles. The summed E-state index contributed by atoms with van der Waals surface area (Å²) in [5.74, 6) is -0.162. The lowest BCUT2D eigenvalue weighted by molar-refractivity contribution is 0.0398. The third-order valence-corrected chi connectivity index (χ3v) is 3.89. The summed E-state index contributed by atoms with van der Waals surface area (Å²) in [6.07, 6.45) is 3.31. The van der Waals surface area contributed by atoms with Gasteiger partial charge in [-0.05, 0) is 18.2 Å². The summed E-state index contributed by atoms with van der Waals surface area (Å²) >= 11 is 0. The van der Waals surface area contributed by atoms with Crippen molar-refractivity contribution in [3.8, 4) is 0 Å². The number of aromatic nitrogens is 1. The molecule has 0 aliphatic carbocycles. The van der Waals surface area contributed by atoms with E-state index >= 15 is 0 Å². The van der Waals surface area contributed by atoms with E-state index in [9.17, 15) is 4.79 Å². The number of carbonyl (C=O) groups is 1. The second kappa shape index (κ2) is 8.42. The number of nitrogens with zero attached hydrogens (tertiary/aromatic N) is 2. The van der Waals surface area contributed by atoms with Gasteiger partial charge in [0, 0.05) is 44.3 Å². The molecule has 0 spiro atoms. The highest BCUT2D eigenvalue weighted by Crippen LogP contribution is 2.12. The highest BCUT2D eigenvalue weighted by molar-refractivity contribution is 6.04. The number of morpholine rings is 1. The number of carbonyl (C=O) groups excluding carboxylic acids is 1. The van der Waals surface area contributed by atoms with Crippen LogP contribution in [0.5, 0.6) is 0 Å². The first-order valence-electron chi connectivity index (χ1n) is 8.17. The van der Waals surface area contributed by atoms with E-state index in [1.54, 1.807) is 12.4 Å². The van der Waals surface area contributed by atoms with E-state index in [2.05, 4.69) is 20.5 Å². The van der Waals surface area contributed by atoms with Crippen LogP contribution in [-0.2, 0) is 4.74 Å². The van der Waals surface area contributed by atoms with Gasteiger partial charge in [-0.2, -0.15) is 0 Å². The first-order chi connectivity index (χ1) is 11.8. The molecule has 2 heterocycles. The third kappa shape index (κ3) is 4.78. The molecule has 6 nitrogen and oxygen atoms in total. The van der Waals surface area contributed by atoms with Crippen molar-refractivity contribution < 1.29 is 9.53 Å². The molecule has 1 fully saturated rings. The maximum absolute atomic E-state index is 12.3. The SMILES string of the molecule is O=C(Nc1ccccc1)c1cncc(NCCN2CCOCC2)c1. The first kappa shape index (κ1) is 16.4. The summed E-state index contributed by atoms with van der Waals surface area (Å²) in [6.45, 7) is 5.31. The molecule has 126 valence electrons. The Kier molecular flexibility index (Phi) is 5.76. The predicted molar refractivity (Wildman–Crippen MR) is 94.4 cm³/mol. The molecule has 2 N–H and O–H groups in total. The van der Waals surface area contributed by atoms with Crippen LogP contribution in [0.25, 0.3) is 0 Å². The maximum atomic E-state index is 12.3. The standard InChI is InChI=1S/C18H22N4O2/c23-18(21-16-4-2-1-3-5-16)15-12-17(14-19-13-15)20-6-7-22-8-10-24-11-9-22/h1-5,12-14,20H,6-11H2,(H,21,23). The fraction of sp³-hybridized carbons (Fsp3) is 0.333. The van der Waals surface area contributed by atoms with Gasteiger partial charge in [0.2, 0.25) is 0 Å². The van der Waals surface area contributed by atoms with E-state index in [4.69, 9.17) is 4.74 Å². The van der Waals surface area contributed by atoms with E-state index in [-0.39, 0.29) is 5.91 Å². The van der Waals surface area contributed by atoms with Gasteiger partial charge in [-0.15, -0.1) is 0 Å². The topological polar surface area (TPSA) is 66.5 Å². The minimum Gasteiger partial charge on any atom is -0.382 e. The number of pyridine rings is 1. The van der Waals surface area contributed by atoms with E-state index in [0.29, 0.717) is 5.56 Å². The quantitative estimate of drug-likeness (QED) is 0.851. The van der Waals surface area contributed by atoms with E-state index in [0.717, 1.165) is 50.8 Å². The second-order valence-electron chi connectivity index (χ2n) is 5.66. The minimum absolute atomic E-state index is 0.162. The summed E-state index contributed by atoms with van der Waals surface area (Å²) in [6, 6.07) is 11.2. The Balaban J connectivity index is 1.52. The van der Waals surface area contributed by atoms with E-state index in [1.807, 2.05) is 36.4 Å². The number of hydrogen-bond donors (Lipinski definition) is 2.